The number of anilines is 2. The van der Waals surface area contributed by atoms with E-state index in [1.165, 1.54) is 0 Å². The molecule has 0 radical (unpaired) electrons. The van der Waals surface area contributed by atoms with Crippen LogP contribution < -0.4 is 10.2 Å². The zero-order valence-electron chi connectivity index (χ0n) is 14.5. The number of carbonyl (C=O) groups excluding carboxylic acids is 1. The summed E-state index contributed by atoms with van der Waals surface area (Å²) >= 11 is 0. The Kier molecular flexibility index (Phi) is 4.94. The number of piperidine rings is 1. The number of aromatic nitrogens is 2. The second-order valence-electron chi connectivity index (χ2n) is 6.48. The fraction of sp³-hybridized carbons (Fsp3) is 0.368. The summed E-state index contributed by atoms with van der Waals surface area (Å²) in [7, 11) is 0. The minimum Gasteiger partial charge on any atom is -0.341 e. The standard InChI is InChI=1S/C19H21N5O/c1-13-7-9-24(10-8-13)19-21-14(2)11-17(23-19)18(25)22-16-6-4-3-5-15(16)12-20/h3-6,11,13H,7-10H2,1-2H3,(H,22,25). The Balaban J connectivity index is 1.82. The molecule has 0 atom stereocenters. The largest absolute Gasteiger partial charge is 0.341 e. The van der Waals surface area contributed by atoms with E-state index in [9.17, 15) is 4.79 Å². The lowest BCUT2D eigenvalue weighted by Gasteiger charge is -2.30. The van der Waals surface area contributed by atoms with Gasteiger partial charge in [-0.3, -0.25) is 4.79 Å². The van der Waals surface area contributed by atoms with Gasteiger partial charge in [-0.05, 0) is 43.9 Å². The molecular formula is C19H21N5O. The minimum absolute atomic E-state index is 0.314. The van der Waals surface area contributed by atoms with Gasteiger partial charge in [0.2, 0.25) is 5.95 Å². The number of carbonyl (C=O) groups is 1. The molecule has 6 nitrogen and oxygen atoms in total. The summed E-state index contributed by atoms with van der Waals surface area (Å²) in [6.45, 7) is 5.92. The van der Waals surface area contributed by atoms with Gasteiger partial charge in [0.05, 0.1) is 11.3 Å². The average Bonchev–Trinajstić information content (AvgIpc) is 2.62. The molecule has 1 aliphatic rings. The van der Waals surface area contributed by atoms with E-state index >= 15 is 0 Å². The van der Waals surface area contributed by atoms with Crippen molar-refractivity contribution >= 4 is 17.5 Å². The molecule has 0 aliphatic carbocycles. The lowest BCUT2D eigenvalue weighted by atomic mass is 10.00. The van der Waals surface area contributed by atoms with Gasteiger partial charge in [0, 0.05) is 18.8 Å². The molecule has 0 saturated carbocycles. The van der Waals surface area contributed by atoms with Crippen molar-refractivity contribution in [3.05, 3.63) is 47.3 Å². The molecular weight excluding hydrogens is 314 g/mol. The molecule has 25 heavy (non-hydrogen) atoms. The fourth-order valence-corrected chi connectivity index (χ4v) is 2.90. The first-order valence-electron chi connectivity index (χ1n) is 8.48. The van der Waals surface area contributed by atoms with E-state index < -0.39 is 0 Å². The van der Waals surface area contributed by atoms with Crippen LogP contribution in [0, 0.1) is 24.2 Å². The van der Waals surface area contributed by atoms with Crippen LogP contribution in [0.2, 0.25) is 0 Å². The average molecular weight is 335 g/mol. The van der Waals surface area contributed by atoms with E-state index in [2.05, 4.69) is 33.2 Å². The maximum Gasteiger partial charge on any atom is 0.274 e. The first-order valence-corrected chi connectivity index (χ1v) is 8.48. The molecule has 1 saturated heterocycles. The quantitative estimate of drug-likeness (QED) is 0.932. The van der Waals surface area contributed by atoms with Gasteiger partial charge in [0.15, 0.2) is 0 Å². The van der Waals surface area contributed by atoms with Crippen molar-refractivity contribution in [3.8, 4) is 6.07 Å². The van der Waals surface area contributed by atoms with Crippen molar-refractivity contribution in [3.63, 3.8) is 0 Å². The highest BCUT2D eigenvalue weighted by Gasteiger charge is 2.20. The third kappa shape index (κ3) is 3.94. The number of aryl methyl sites for hydroxylation is 1. The topological polar surface area (TPSA) is 81.9 Å². The lowest BCUT2D eigenvalue weighted by Crippen LogP contribution is -2.34. The van der Waals surface area contributed by atoms with Gasteiger partial charge in [-0.2, -0.15) is 5.26 Å². The zero-order valence-corrected chi connectivity index (χ0v) is 14.5. The van der Waals surface area contributed by atoms with E-state index in [4.69, 9.17) is 5.26 Å². The predicted molar refractivity (Wildman–Crippen MR) is 96.5 cm³/mol. The normalized spacial score (nSPS) is 14.8. The molecule has 1 aromatic carbocycles. The highest BCUT2D eigenvalue weighted by molar-refractivity contribution is 6.03. The molecule has 0 spiro atoms. The predicted octanol–water partition coefficient (Wildman–Crippen LogP) is 3.15. The first kappa shape index (κ1) is 16.9. The van der Waals surface area contributed by atoms with E-state index in [-0.39, 0.29) is 5.91 Å². The zero-order chi connectivity index (χ0) is 17.8. The monoisotopic (exact) mass is 335 g/mol. The molecule has 0 bridgehead atoms. The summed E-state index contributed by atoms with van der Waals surface area (Å²) in [6, 6.07) is 10.7. The SMILES string of the molecule is Cc1cc(C(=O)Nc2ccccc2C#N)nc(N2CCC(C)CC2)n1. The number of hydrogen-bond acceptors (Lipinski definition) is 5. The summed E-state index contributed by atoms with van der Waals surface area (Å²) in [5.74, 6) is 0.983. The van der Waals surface area contributed by atoms with E-state index in [0.717, 1.165) is 31.6 Å². The van der Waals surface area contributed by atoms with E-state index in [1.807, 2.05) is 6.92 Å². The number of benzene rings is 1. The Morgan fingerprint density at radius 1 is 1.28 bits per heavy atom. The molecule has 0 unspecified atom stereocenters. The van der Waals surface area contributed by atoms with Gasteiger partial charge >= 0.3 is 0 Å². The summed E-state index contributed by atoms with van der Waals surface area (Å²) in [5, 5.41) is 11.9. The van der Waals surface area contributed by atoms with Crippen LogP contribution in [0.5, 0.6) is 0 Å². The number of nitriles is 1. The van der Waals surface area contributed by atoms with Gasteiger partial charge in [0.1, 0.15) is 11.8 Å². The summed E-state index contributed by atoms with van der Waals surface area (Å²) < 4.78 is 0. The second kappa shape index (κ2) is 7.31. The number of para-hydroxylation sites is 1. The van der Waals surface area contributed by atoms with Crippen molar-refractivity contribution in [2.45, 2.75) is 26.7 Å². The molecule has 1 fully saturated rings. The smallest absolute Gasteiger partial charge is 0.274 e. The van der Waals surface area contributed by atoms with Crippen LogP contribution in [0.15, 0.2) is 30.3 Å². The molecule has 2 aromatic rings. The summed E-state index contributed by atoms with van der Waals surface area (Å²) in [5.41, 5.74) is 1.97. The van der Waals surface area contributed by atoms with Crippen LogP contribution in [-0.2, 0) is 0 Å². The van der Waals surface area contributed by atoms with Crippen LogP contribution in [-0.4, -0.2) is 29.0 Å². The van der Waals surface area contributed by atoms with Gasteiger partial charge in [0.25, 0.3) is 5.91 Å². The van der Waals surface area contributed by atoms with Gasteiger partial charge in [-0.25, -0.2) is 9.97 Å². The molecule has 6 heteroatoms. The fourth-order valence-electron chi connectivity index (χ4n) is 2.90. The lowest BCUT2D eigenvalue weighted by molar-refractivity contribution is 0.102. The highest BCUT2D eigenvalue weighted by atomic mass is 16.1. The van der Waals surface area contributed by atoms with E-state index in [0.29, 0.717) is 28.8 Å². The molecule has 1 N–H and O–H groups in total. The van der Waals surface area contributed by atoms with Gasteiger partial charge in [-0.15, -0.1) is 0 Å². The third-order valence-corrected chi connectivity index (χ3v) is 4.44. The highest BCUT2D eigenvalue weighted by Crippen LogP contribution is 2.21. The van der Waals surface area contributed by atoms with Crippen molar-refractivity contribution in [1.82, 2.24) is 9.97 Å². The number of amides is 1. The number of rotatable bonds is 3. The number of nitrogens with one attached hydrogen (secondary N) is 1. The van der Waals surface area contributed by atoms with Gasteiger partial charge in [-0.1, -0.05) is 19.1 Å². The first-order chi connectivity index (χ1) is 12.1. The molecule has 1 aromatic heterocycles. The molecule has 1 aliphatic heterocycles. The maximum absolute atomic E-state index is 12.6. The third-order valence-electron chi connectivity index (χ3n) is 4.44. The summed E-state index contributed by atoms with van der Waals surface area (Å²) in [4.78, 5) is 23.7. The molecule has 3 rings (SSSR count). The molecule has 2 heterocycles. The van der Waals surface area contributed by atoms with Crippen LogP contribution in [0.4, 0.5) is 11.6 Å². The summed E-state index contributed by atoms with van der Waals surface area (Å²) in [6.07, 6.45) is 2.21. The number of hydrogen-bond donors (Lipinski definition) is 1. The van der Waals surface area contributed by atoms with Crippen LogP contribution >= 0.6 is 0 Å². The van der Waals surface area contributed by atoms with Crippen molar-refractivity contribution in [1.29, 1.82) is 5.26 Å². The van der Waals surface area contributed by atoms with Crippen molar-refractivity contribution < 1.29 is 4.79 Å². The maximum atomic E-state index is 12.6. The van der Waals surface area contributed by atoms with Crippen molar-refractivity contribution in [2.24, 2.45) is 5.92 Å². The second-order valence-corrected chi connectivity index (χ2v) is 6.48. The molecule has 128 valence electrons. The molecule has 1 amide bonds. The number of nitrogens with zero attached hydrogens (tertiary/aromatic N) is 4. The Hall–Kier alpha value is -2.94. The minimum atomic E-state index is -0.333. The Labute approximate surface area is 147 Å². The van der Waals surface area contributed by atoms with Gasteiger partial charge < -0.3 is 10.2 Å². The van der Waals surface area contributed by atoms with Crippen LogP contribution in [0.25, 0.3) is 0 Å². The Morgan fingerprint density at radius 3 is 2.72 bits per heavy atom. The Morgan fingerprint density at radius 2 is 2.00 bits per heavy atom. The van der Waals surface area contributed by atoms with Crippen molar-refractivity contribution in [2.75, 3.05) is 23.3 Å². The van der Waals surface area contributed by atoms with Crippen LogP contribution in [0.3, 0.4) is 0 Å². The Bertz CT molecular complexity index is 819. The van der Waals surface area contributed by atoms with E-state index in [1.54, 1.807) is 30.3 Å². The van der Waals surface area contributed by atoms with Crippen LogP contribution in [0.1, 0.15) is 41.5 Å².